The minimum atomic E-state index is -1.32. The molecule has 4 heteroatoms. The Hall–Kier alpha value is -5.68. The van der Waals surface area contributed by atoms with E-state index in [0.29, 0.717) is 0 Å². The second-order valence-corrected chi connectivity index (χ2v) is 22.4. The number of nitrogens with zero attached hydrogens (tertiary/aromatic N) is 1. The number of benzene rings is 8. The van der Waals surface area contributed by atoms with Crippen molar-refractivity contribution in [3.8, 4) is 33.4 Å². The van der Waals surface area contributed by atoms with Crippen LogP contribution in [0.15, 0.2) is 188 Å². The van der Waals surface area contributed by atoms with Crippen LogP contribution in [-0.2, 0) is 0 Å². The molecule has 8 aromatic carbocycles. The normalized spacial score (nSPS) is 15.8. The molecule has 2 aliphatic heterocycles. The van der Waals surface area contributed by atoms with E-state index in [2.05, 4.69) is 194 Å². The molecule has 2 aliphatic rings. The molecule has 262 valence electrons. The van der Waals surface area contributed by atoms with Crippen molar-refractivity contribution < 1.29 is 4.42 Å². The third-order valence-corrected chi connectivity index (χ3v) is 17.6. The van der Waals surface area contributed by atoms with Gasteiger partial charge < -0.3 is 9.32 Å². The van der Waals surface area contributed by atoms with Crippen LogP contribution in [0.4, 0.5) is 17.1 Å². The zero-order chi connectivity index (χ0) is 36.3. The fourth-order valence-corrected chi connectivity index (χ4v) is 14.0. The van der Waals surface area contributed by atoms with Crippen LogP contribution in [0.1, 0.15) is 0 Å². The Bertz CT molecular complexity index is 3010. The molecule has 0 bridgehead atoms. The third kappa shape index (κ3) is 4.51. The molecule has 0 radical (unpaired) electrons. The van der Waals surface area contributed by atoms with E-state index >= 15 is 0 Å². The first-order chi connectivity index (χ1) is 26.3. The Morgan fingerprint density at radius 3 is 1.93 bits per heavy atom. The van der Waals surface area contributed by atoms with Crippen LogP contribution >= 0.6 is 20.1 Å². The number of hydrogen-bond acceptors (Lipinski definition) is 2. The molecule has 0 fully saturated rings. The molecule has 3 heterocycles. The summed E-state index contributed by atoms with van der Waals surface area (Å²) in [4.78, 5) is 8.19. The number of para-hydroxylation sites is 1. The minimum absolute atomic E-state index is 0.945. The van der Waals surface area contributed by atoms with Crippen LogP contribution < -0.4 is 4.90 Å². The number of rotatable bonds is 4. The largest absolute Gasteiger partial charge is 0.455 e. The second-order valence-electron chi connectivity index (χ2n) is 15.4. The lowest BCUT2D eigenvalue weighted by molar-refractivity contribution is 0.669. The van der Waals surface area contributed by atoms with Gasteiger partial charge in [-0.05, 0) is 136 Å². The van der Waals surface area contributed by atoms with Gasteiger partial charge in [-0.25, -0.2) is 0 Å². The molecule has 0 unspecified atom stereocenters. The highest BCUT2D eigenvalue weighted by molar-refractivity contribution is 8.33. The van der Waals surface area contributed by atoms with E-state index < -0.39 is 20.1 Å². The SMILES string of the molecule is CS1(C)c2ccccc2-c2cc(N(c3ccc(-c4ccc5ccccc5c4)cc3)c3ccc4c(c3)S(C)(C)c3ccc5c(oc6ccccc65)c3-4)ccc21. The fraction of sp³-hybridized carbons (Fsp3) is 0.0800. The fourth-order valence-electron chi connectivity index (χ4n) is 9.03. The third-order valence-electron chi connectivity index (χ3n) is 11.8. The summed E-state index contributed by atoms with van der Waals surface area (Å²) in [5.74, 6) is 0. The molecular formula is C50H39NOS2. The van der Waals surface area contributed by atoms with Gasteiger partial charge in [-0.15, -0.1) is 0 Å². The van der Waals surface area contributed by atoms with Crippen molar-refractivity contribution in [1.82, 2.24) is 0 Å². The summed E-state index contributed by atoms with van der Waals surface area (Å²) in [6.07, 6.45) is 9.75. The highest BCUT2D eigenvalue weighted by atomic mass is 32.3. The molecule has 54 heavy (non-hydrogen) atoms. The van der Waals surface area contributed by atoms with Crippen LogP contribution in [0.3, 0.4) is 0 Å². The summed E-state index contributed by atoms with van der Waals surface area (Å²) in [6.45, 7) is 0. The molecule has 9 aromatic rings. The first-order valence-corrected chi connectivity index (χ1v) is 23.4. The maximum Gasteiger partial charge on any atom is 0.144 e. The Morgan fingerprint density at radius 2 is 1.06 bits per heavy atom. The number of anilines is 3. The van der Waals surface area contributed by atoms with Gasteiger partial charge in [-0.3, -0.25) is 0 Å². The van der Waals surface area contributed by atoms with Crippen molar-refractivity contribution in [2.24, 2.45) is 0 Å². The monoisotopic (exact) mass is 733 g/mol. The molecule has 0 saturated heterocycles. The summed E-state index contributed by atoms with van der Waals surface area (Å²) >= 11 is 0. The highest BCUT2D eigenvalue weighted by Crippen LogP contribution is 2.70. The van der Waals surface area contributed by atoms with Gasteiger partial charge in [0.25, 0.3) is 0 Å². The average molecular weight is 734 g/mol. The molecule has 0 aliphatic carbocycles. The lowest BCUT2D eigenvalue weighted by Crippen LogP contribution is -2.11. The van der Waals surface area contributed by atoms with E-state index in [1.807, 2.05) is 0 Å². The van der Waals surface area contributed by atoms with Crippen molar-refractivity contribution in [2.45, 2.75) is 19.6 Å². The van der Waals surface area contributed by atoms with E-state index in [-0.39, 0.29) is 0 Å². The summed E-state index contributed by atoms with van der Waals surface area (Å²) in [6, 6.07) is 60.8. The van der Waals surface area contributed by atoms with Crippen LogP contribution in [0.2, 0.25) is 0 Å². The molecule has 2 nitrogen and oxygen atoms in total. The highest BCUT2D eigenvalue weighted by Gasteiger charge is 2.36. The van der Waals surface area contributed by atoms with E-state index in [0.717, 1.165) is 16.9 Å². The second kappa shape index (κ2) is 11.4. The van der Waals surface area contributed by atoms with Crippen molar-refractivity contribution in [3.05, 3.63) is 164 Å². The quantitative estimate of drug-likeness (QED) is 0.179. The summed E-state index contributed by atoms with van der Waals surface area (Å²) in [7, 11) is -2.42. The van der Waals surface area contributed by atoms with Gasteiger partial charge >= 0.3 is 0 Å². The predicted molar refractivity (Wildman–Crippen MR) is 234 cm³/mol. The Morgan fingerprint density at radius 1 is 0.407 bits per heavy atom. The number of fused-ring (bicyclic) bond motifs is 11. The molecule has 0 amide bonds. The summed E-state index contributed by atoms with van der Waals surface area (Å²) < 4.78 is 6.63. The lowest BCUT2D eigenvalue weighted by atomic mass is 10.00. The van der Waals surface area contributed by atoms with Gasteiger partial charge in [0.1, 0.15) is 11.2 Å². The van der Waals surface area contributed by atoms with E-state index in [1.54, 1.807) is 0 Å². The maximum absolute atomic E-state index is 6.63. The topological polar surface area (TPSA) is 16.4 Å². The zero-order valence-electron chi connectivity index (χ0n) is 30.8. The first-order valence-electron chi connectivity index (χ1n) is 18.5. The summed E-state index contributed by atoms with van der Waals surface area (Å²) in [5, 5.41) is 4.88. The van der Waals surface area contributed by atoms with Gasteiger partial charge in [0, 0.05) is 53.0 Å². The maximum atomic E-state index is 6.63. The molecule has 0 spiro atoms. The molecule has 0 N–H and O–H groups in total. The Kier molecular flexibility index (Phi) is 6.72. The van der Waals surface area contributed by atoms with Gasteiger partial charge in [-0.1, -0.05) is 91.0 Å². The standard InChI is InChI=1S/C50H39NOS2/c1-53(2)45-16-10-8-14-40(45)43-30-37(24-27-46(43)53)51(36-21-19-33(20-22-36)35-18-17-32-11-5-6-12-34(32)29-35)38-23-25-42-48(31-38)54(3,4)47-28-26-41-39-13-7-9-15-44(39)52-50(41)49(42)47/h5-31H,1-4H3. The van der Waals surface area contributed by atoms with Crippen molar-refractivity contribution in [3.63, 3.8) is 0 Å². The number of furan rings is 1. The smallest absolute Gasteiger partial charge is 0.144 e. The summed E-state index contributed by atoms with van der Waals surface area (Å²) in [5.41, 5.74) is 13.1. The lowest BCUT2D eigenvalue weighted by Gasteiger charge is -2.31. The number of hydrogen-bond donors (Lipinski definition) is 0. The molecule has 0 saturated carbocycles. The minimum Gasteiger partial charge on any atom is -0.455 e. The molecule has 11 rings (SSSR count). The van der Waals surface area contributed by atoms with Gasteiger partial charge in [-0.2, -0.15) is 20.1 Å². The van der Waals surface area contributed by atoms with Crippen molar-refractivity contribution in [2.75, 3.05) is 29.9 Å². The van der Waals surface area contributed by atoms with E-state index in [4.69, 9.17) is 4.42 Å². The molecule has 0 atom stereocenters. The average Bonchev–Trinajstić information content (AvgIpc) is 3.78. The van der Waals surface area contributed by atoms with Gasteiger partial charge in [0.15, 0.2) is 0 Å². The van der Waals surface area contributed by atoms with Crippen LogP contribution in [0.5, 0.6) is 0 Å². The van der Waals surface area contributed by atoms with Crippen molar-refractivity contribution >= 4 is 69.8 Å². The zero-order valence-corrected chi connectivity index (χ0v) is 32.4. The Balaban J connectivity index is 1.08. The van der Waals surface area contributed by atoms with Crippen molar-refractivity contribution in [1.29, 1.82) is 0 Å². The van der Waals surface area contributed by atoms with E-state index in [1.165, 1.54) is 85.9 Å². The Labute approximate surface area is 319 Å². The molecule has 1 aromatic heterocycles. The van der Waals surface area contributed by atoms with Crippen LogP contribution in [0.25, 0.3) is 66.1 Å². The van der Waals surface area contributed by atoms with Gasteiger partial charge in [0.05, 0.1) is 0 Å². The van der Waals surface area contributed by atoms with E-state index in [9.17, 15) is 0 Å². The predicted octanol–water partition coefficient (Wildman–Crippen LogP) is 14.8. The van der Waals surface area contributed by atoms with Gasteiger partial charge in [0.2, 0.25) is 0 Å². The van der Waals surface area contributed by atoms with Crippen LogP contribution in [-0.4, -0.2) is 25.0 Å². The first kappa shape index (κ1) is 31.8. The molecular weight excluding hydrogens is 695 g/mol. The van der Waals surface area contributed by atoms with Crippen LogP contribution in [0, 0.1) is 0 Å².